The third kappa shape index (κ3) is 4.31. The van der Waals surface area contributed by atoms with Gasteiger partial charge in [0.05, 0.1) is 19.8 Å². The highest BCUT2D eigenvalue weighted by molar-refractivity contribution is 6.04. The smallest absolute Gasteiger partial charge is 0.255 e. The first-order valence-electron chi connectivity index (χ1n) is 8.65. The molecule has 25 heavy (non-hydrogen) atoms. The van der Waals surface area contributed by atoms with E-state index in [0.29, 0.717) is 12.2 Å². The van der Waals surface area contributed by atoms with Gasteiger partial charge < -0.3 is 19.7 Å². The van der Waals surface area contributed by atoms with Crippen LogP contribution < -0.4 is 15.0 Å². The maximum Gasteiger partial charge on any atom is 0.255 e. The van der Waals surface area contributed by atoms with Gasteiger partial charge in [0.1, 0.15) is 5.75 Å². The Morgan fingerprint density at radius 2 is 1.88 bits per heavy atom. The van der Waals surface area contributed by atoms with Crippen LogP contribution in [0.15, 0.2) is 42.5 Å². The lowest BCUT2D eigenvalue weighted by Gasteiger charge is -2.29. The topological polar surface area (TPSA) is 50.8 Å². The highest BCUT2D eigenvalue weighted by atomic mass is 16.5. The maximum atomic E-state index is 12.4. The molecule has 1 saturated heterocycles. The minimum Gasteiger partial charge on any atom is -0.494 e. The first kappa shape index (κ1) is 17.3. The summed E-state index contributed by atoms with van der Waals surface area (Å²) in [4.78, 5) is 14.7. The predicted molar refractivity (Wildman–Crippen MR) is 99.8 cm³/mol. The van der Waals surface area contributed by atoms with Gasteiger partial charge in [-0.3, -0.25) is 4.79 Å². The highest BCUT2D eigenvalue weighted by Gasteiger charge is 2.13. The van der Waals surface area contributed by atoms with Crippen molar-refractivity contribution in [3.8, 4) is 5.75 Å². The summed E-state index contributed by atoms with van der Waals surface area (Å²) in [5.41, 5.74) is 3.65. The maximum absolute atomic E-state index is 12.4. The van der Waals surface area contributed by atoms with Crippen LogP contribution >= 0.6 is 0 Å². The molecule has 5 nitrogen and oxygen atoms in total. The molecule has 1 fully saturated rings. The van der Waals surface area contributed by atoms with Crippen LogP contribution in [0.3, 0.4) is 0 Å². The van der Waals surface area contributed by atoms with Gasteiger partial charge in [-0.1, -0.05) is 0 Å². The van der Waals surface area contributed by atoms with Gasteiger partial charge in [0.15, 0.2) is 0 Å². The molecule has 132 valence electrons. The molecule has 0 unspecified atom stereocenters. The van der Waals surface area contributed by atoms with Gasteiger partial charge >= 0.3 is 0 Å². The Labute approximate surface area is 148 Å². The number of hydrogen-bond donors (Lipinski definition) is 1. The average molecular weight is 340 g/mol. The first-order chi connectivity index (χ1) is 12.2. The summed E-state index contributed by atoms with van der Waals surface area (Å²) < 4.78 is 10.8. The fraction of sp³-hybridized carbons (Fsp3) is 0.350. The Kier molecular flexibility index (Phi) is 5.56. The van der Waals surface area contributed by atoms with Crippen LogP contribution in [0.2, 0.25) is 0 Å². The second-order valence-electron chi connectivity index (χ2n) is 6.01. The molecule has 2 aromatic carbocycles. The molecule has 1 amide bonds. The van der Waals surface area contributed by atoms with E-state index in [1.165, 1.54) is 5.69 Å². The lowest BCUT2D eigenvalue weighted by Crippen LogP contribution is -2.36. The second kappa shape index (κ2) is 8.03. The van der Waals surface area contributed by atoms with Gasteiger partial charge in [-0.15, -0.1) is 0 Å². The summed E-state index contributed by atoms with van der Waals surface area (Å²) in [6.07, 6.45) is 0. The Morgan fingerprint density at radius 3 is 2.52 bits per heavy atom. The molecule has 5 heteroatoms. The zero-order valence-electron chi connectivity index (χ0n) is 14.7. The number of amides is 1. The lowest BCUT2D eigenvalue weighted by atomic mass is 10.1. The minimum absolute atomic E-state index is 0.120. The third-order valence-electron chi connectivity index (χ3n) is 4.26. The molecule has 2 aromatic rings. The Balaban J connectivity index is 1.68. The van der Waals surface area contributed by atoms with Crippen LogP contribution in [-0.2, 0) is 4.74 Å². The molecule has 1 N–H and O–H groups in total. The number of nitrogens with zero attached hydrogens (tertiary/aromatic N) is 1. The monoisotopic (exact) mass is 340 g/mol. The third-order valence-corrected chi connectivity index (χ3v) is 4.26. The number of ether oxygens (including phenoxy) is 2. The summed E-state index contributed by atoms with van der Waals surface area (Å²) in [6, 6.07) is 13.3. The number of aryl methyl sites for hydroxylation is 1. The van der Waals surface area contributed by atoms with E-state index in [2.05, 4.69) is 16.3 Å². The van der Waals surface area contributed by atoms with E-state index in [9.17, 15) is 4.79 Å². The number of benzene rings is 2. The van der Waals surface area contributed by atoms with Gasteiger partial charge in [-0.25, -0.2) is 0 Å². The van der Waals surface area contributed by atoms with Crippen LogP contribution in [0.1, 0.15) is 22.8 Å². The van der Waals surface area contributed by atoms with E-state index in [-0.39, 0.29) is 5.91 Å². The standard InChI is InChI=1S/C20H24N2O3/c1-3-25-18-7-4-16(5-8-18)20(23)21-19-9-6-17(14-15(19)2)22-10-12-24-13-11-22/h4-9,14H,3,10-13H2,1-2H3,(H,21,23). The fourth-order valence-corrected chi connectivity index (χ4v) is 2.87. The van der Waals surface area contributed by atoms with Gasteiger partial charge in [-0.05, 0) is 61.9 Å². The Morgan fingerprint density at radius 1 is 1.16 bits per heavy atom. The van der Waals surface area contributed by atoms with E-state index in [0.717, 1.165) is 43.3 Å². The SMILES string of the molecule is CCOc1ccc(C(=O)Nc2ccc(N3CCOCC3)cc2C)cc1. The predicted octanol–water partition coefficient (Wildman–Crippen LogP) is 3.48. The second-order valence-corrected chi connectivity index (χ2v) is 6.01. The largest absolute Gasteiger partial charge is 0.494 e. The highest BCUT2D eigenvalue weighted by Crippen LogP contribution is 2.24. The van der Waals surface area contributed by atoms with Crippen molar-refractivity contribution in [1.29, 1.82) is 0 Å². The molecular formula is C20H24N2O3. The minimum atomic E-state index is -0.120. The summed E-state index contributed by atoms with van der Waals surface area (Å²) in [7, 11) is 0. The number of nitrogens with one attached hydrogen (secondary N) is 1. The number of carbonyl (C=O) groups excluding carboxylic acids is 1. The molecule has 0 bridgehead atoms. The summed E-state index contributed by atoms with van der Waals surface area (Å²) >= 11 is 0. The van der Waals surface area contributed by atoms with Crippen molar-refractivity contribution in [1.82, 2.24) is 0 Å². The van der Waals surface area contributed by atoms with Crippen molar-refractivity contribution in [2.45, 2.75) is 13.8 Å². The fourth-order valence-electron chi connectivity index (χ4n) is 2.87. The molecule has 0 aliphatic carbocycles. The van der Waals surface area contributed by atoms with E-state index >= 15 is 0 Å². The normalized spacial score (nSPS) is 14.2. The molecule has 0 radical (unpaired) electrons. The Bertz CT molecular complexity index is 722. The van der Waals surface area contributed by atoms with Crippen molar-refractivity contribution < 1.29 is 14.3 Å². The van der Waals surface area contributed by atoms with E-state index < -0.39 is 0 Å². The number of anilines is 2. The van der Waals surface area contributed by atoms with Gasteiger partial charge in [-0.2, -0.15) is 0 Å². The molecule has 1 aliphatic heterocycles. The number of carbonyl (C=O) groups is 1. The van der Waals surface area contributed by atoms with Crippen molar-refractivity contribution in [3.63, 3.8) is 0 Å². The Hall–Kier alpha value is -2.53. The molecule has 0 spiro atoms. The van der Waals surface area contributed by atoms with Gasteiger partial charge in [0.25, 0.3) is 5.91 Å². The molecular weight excluding hydrogens is 316 g/mol. The zero-order chi connectivity index (χ0) is 17.6. The number of morpholine rings is 1. The van der Waals surface area contributed by atoms with Crippen molar-refractivity contribution in [2.75, 3.05) is 43.1 Å². The number of hydrogen-bond acceptors (Lipinski definition) is 4. The first-order valence-corrected chi connectivity index (χ1v) is 8.65. The summed E-state index contributed by atoms with van der Waals surface area (Å²) in [5, 5.41) is 2.99. The molecule has 0 aromatic heterocycles. The summed E-state index contributed by atoms with van der Waals surface area (Å²) in [5.74, 6) is 0.648. The van der Waals surface area contributed by atoms with Crippen LogP contribution in [0.25, 0.3) is 0 Å². The van der Waals surface area contributed by atoms with Crippen molar-refractivity contribution in [2.24, 2.45) is 0 Å². The van der Waals surface area contributed by atoms with Crippen molar-refractivity contribution in [3.05, 3.63) is 53.6 Å². The molecule has 0 saturated carbocycles. The zero-order valence-corrected chi connectivity index (χ0v) is 14.7. The molecule has 0 atom stereocenters. The van der Waals surface area contributed by atoms with Crippen LogP contribution in [-0.4, -0.2) is 38.8 Å². The van der Waals surface area contributed by atoms with Crippen LogP contribution in [0.5, 0.6) is 5.75 Å². The van der Waals surface area contributed by atoms with E-state index in [1.807, 2.05) is 38.1 Å². The molecule has 1 aliphatic rings. The summed E-state index contributed by atoms with van der Waals surface area (Å²) in [6.45, 7) is 7.88. The van der Waals surface area contributed by atoms with Gasteiger partial charge in [0.2, 0.25) is 0 Å². The van der Waals surface area contributed by atoms with Crippen molar-refractivity contribution >= 4 is 17.3 Å². The lowest BCUT2D eigenvalue weighted by molar-refractivity contribution is 0.102. The molecule has 3 rings (SSSR count). The van der Waals surface area contributed by atoms with Gasteiger partial charge in [0, 0.05) is 30.0 Å². The number of rotatable bonds is 5. The van der Waals surface area contributed by atoms with E-state index in [4.69, 9.17) is 9.47 Å². The van der Waals surface area contributed by atoms with Crippen LogP contribution in [0, 0.1) is 6.92 Å². The quantitative estimate of drug-likeness (QED) is 0.905. The molecule has 1 heterocycles. The van der Waals surface area contributed by atoms with E-state index in [1.54, 1.807) is 12.1 Å². The van der Waals surface area contributed by atoms with Crippen LogP contribution in [0.4, 0.5) is 11.4 Å². The average Bonchev–Trinajstić information content (AvgIpc) is 2.65.